The summed E-state index contributed by atoms with van der Waals surface area (Å²) in [5.41, 5.74) is -0.329. The molecule has 0 aliphatic heterocycles. The first-order valence-corrected chi connectivity index (χ1v) is 9.40. The van der Waals surface area contributed by atoms with Gasteiger partial charge in [-0.2, -0.15) is 0 Å². The Balaban J connectivity index is 1.84. The fourth-order valence-corrected chi connectivity index (χ4v) is 3.69. The molecule has 0 radical (unpaired) electrons. The van der Waals surface area contributed by atoms with Crippen LogP contribution >= 0.6 is 11.3 Å². The molecule has 1 N–H and O–H groups in total. The second-order valence-corrected chi connectivity index (χ2v) is 6.74. The Morgan fingerprint density at radius 2 is 2.04 bits per heavy atom. The summed E-state index contributed by atoms with van der Waals surface area (Å²) < 4.78 is 12.3. The average molecular weight is 388 g/mol. The third-order valence-electron chi connectivity index (χ3n) is 4.07. The van der Waals surface area contributed by atoms with E-state index >= 15 is 0 Å². The number of carboxylic acids is 1. The smallest absolute Gasteiger partial charge is 0.337 e. The van der Waals surface area contributed by atoms with Gasteiger partial charge < -0.3 is 14.6 Å². The first-order valence-electron chi connectivity index (χ1n) is 8.52. The zero-order valence-electron chi connectivity index (χ0n) is 14.9. The summed E-state index contributed by atoms with van der Waals surface area (Å²) in [5, 5.41) is 11.0. The number of carboxylic acid groups (broad SMARTS) is 1. The molecule has 0 unspecified atom stereocenters. The number of hydrogen-bond acceptors (Lipinski definition) is 6. The Labute approximate surface area is 159 Å². The van der Waals surface area contributed by atoms with Crippen LogP contribution in [-0.4, -0.2) is 41.0 Å². The van der Waals surface area contributed by atoms with E-state index in [4.69, 9.17) is 9.47 Å². The molecule has 0 aliphatic carbocycles. The van der Waals surface area contributed by atoms with E-state index in [9.17, 15) is 14.7 Å². The second-order valence-electron chi connectivity index (χ2n) is 5.88. The highest BCUT2D eigenvalue weighted by Gasteiger charge is 2.19. The van der Waals surface area contributed by atoms with Crippen molar-refractivity contribution >= 4 is 27.5 Å². The number of hydrogen-bond donors (Lipinski definition) is 1. The number of thiophene rings is 1. The molecule has 8 heteroatoms. The minimum absolute atomic E-state index is 0.0000714. The van der Waals surface area contributed by atoms with E-state index in [0.717, 1.165) is 5.75 Å². The van der Waals surface area contributed by atoms with Crippen molar-refractivity contribution in [3.63, 3.8) is 0 Å². The van der Waals surface area contributed by atoms with Crippen LogP contribution in [0.2, 0.25) is 0 Å². The van der Waals surface area contributed by atoms with Crippen LogP contribution in [-0.2, 0) is 17.7 Å². The van der Waals surface area contributed by atoms with Crippen LogP contribution in [0.4, 0.5) is 0 Å². The molecule has 0 spiro atoms. The van der Waals surface area contributed by atoms with Crippen molar-refractivity contribution in [1.29, 1.82) is 0 Å². The predicted molar refractivity (Wildman–Crippen MR) is 103 cm³/mol. The van der Waals surface area contributed by atoms with E-state index in [1.54, 1.807) is 7.11 Å². The zero-order chi connectivity index (χ0) is 19.2. The lowest BCUT2D eigenvalue weighted by Gasteiger charge is -2.13. The number of benzene rings is 1. The molecule has 3 rings (SSSR count). The number of fused-ring (bicyclic) bond motifs is 1. The van der Waals surface area contributed by atoms with Gasteiger partial charge in [-0.15, -0.1) is 11.3 Å². The maximum absolute atomic E-state index is 12.9. The quantitative estimate of drug-likeness (QED) is 0.567. The molecule has 0 saturated heterocycles. The van der Waals surface area contributed by atoms with E-state index in [-0.39, 0.29) is 16.5 Å². The highest BCUT2D eigenvalue weighted by molar-refractivity contribution is 7.17. The van der Waals surface area contributed by atoms with Gasteiger partial charge in [0.2, 0.25) is 0 Å². The first-order chi connectivity index (χ1) is 13.1. The fraction of sp³-hybridized carbons (Fsp3) is 0.316. The van der Waals surface area contributed by atoms with Crippen LogP contribution in [0.15, 0.2) is 40.5 Å². The Bertz CT molecular complexity index is 981. The molecule has 0 aliphatic rings. The Kier molecular flexibility index (Phi) is 6.20. The molecular formula is C19H20N2O5S. The maximum Gasteiger partial charge on any atom is 0.337 e. The molecule has 2 aromatic heterocycles. The molecule has 0 atom stereocenters. The molecule has 2 heterocycles. The lowest BCUT2D eigenvalue weighted by molar-refractivity contribution is 0.0699. The van der Waals surface area contributed by atoms with E-state index in [2.05, 4.69) is 4.98 Å². The molecule has 0 saturated carbocycles. The SMILES string of the molecule is COCCc1nc2scc(C(=O)O)c2c(=O)n1CCCOc1ccccc1. The van der Waals surface area contributed by atoms with Gasteiger partial charge in [0.05, 0.1) is 24.2 Å². The lowest BCUT2D eigenvalue weighted by atomic mass is 10.2. The fourth-order valence-electron chi connectivity index (χ4n) is 2.77. The molecule has 142 valence electrons. The average Bonchev–Trinajstić information content (AvgIpc) is 3.10. The first kappa shape index (κ1) is 19.1. The highest BCUT2D eigenvalue weighted by atomic mass is 32.1. The highest BCUT2D eigenvalue weighted by Crippen LogP contribution is 2.22. The van der Waals surface area contributed by atoms with Gasteiger partial charge in [0.15, 0.2) is 0 Å². The molecular weight excluding hydrogens is 368 g/mol. The van der Waals surface area contributed by atoms with Crippen LogP contribution in [0.1, 0.15) is 22.6 Å². The summed E-state index contributed by atoms with van der Waals surface area (Å²) in [6.45, 7) is 1.26. The number of aromatic nitrogens is 2. The summed E-state index contributed by atoms with van der Waals surface area (Å²) in [4.78, 5) is 29.3. The molecule has 0 bridgehead atoms. The summed E-state index contributed by atoms with van der Waals surface area (Å²) >= 11 is 1.17. The van der Waals surface area contributed by atoms with Gasteiger partial charge in [0.25, 0.3) is 5.56 Å². The van der Waals surface area contributed by atoms with Crippen molar-refractivity contribution in [2.45, 2.75) is 19.4 Å². The molecule has 0 fully saturated rings. The normalized spacial score (nSPS) is 11.0. The van der Waals surface area contributed by atoms with Crippen molar-refractivity contribution in [1.82, 2.24) is 9.55 Å². The van der Waals surface area contributed by atoms with E-state index in [1.165, 1.54) is 21.3 Å². The van der Waals surface area contributed by atoms with Crippen molar-refractivity contribution in [3.8, 4) is 5.75 Å². The number of para-hydroxylation sites is 1. The van der Waals surface area contributed by atoms with Gasteiger partial charge in [0, 0.05) is 25.5 Å². The minimum atomic E-state index is -1.12. The second kappa shape index (κ2) is 8.79. The number of methoxy groups -OCH3 is 1. The summed E-state index contributed by atoms with van der Waals surface area (Å²) in [7, 11) is 1.59. The number of aromatic carboxylic acids is 1. The number of nitrogens with zero attached hydrogens (tertiary/aromatic N) is 2. The third-order valence-corrected chi connectivity index (χ3v) is 4.94. The molecule has 1 aromatic carbocycles. The molecule has 27 heavy (non-hydrogen) atoms. The lowest BCUT2D eigenvalue weighted by Crippen LogP contribution is -2.27. The van der Waals surface area contributed by atoms with Gasteiger partial charge in [-0.3, -0.25) is 9.36 Å². The van der Waals surface area contributed by atoms with Gasteiger partial charge in [-0.25, -0.2) is 9.78 Å². The topological polar surface area (TPSA) is 90.7 Å². The van der Waals surface area contributed by atoms with Crippen molar-refractivity contribution in [3.05, 3.63) is 57.5 Å². The van der Waals surface area contributed by atoms with Crippen molar-refractivity contribution < 1.29 is 19.4 Å². The number of carbonyl (C=O) groups is 1. The van der Waals surface area contributed by atoms with Gasteiger partial charge >= 0.3 is 5.97 Å². The summed E-state index contributed by atoms with van der Waals surface area (Å²) in [5.74, 6) is 0.237. The molecule has 7 nitrogen and oxygen atoms in total. The number of rotatable bonds is 9. The van der Waals surface area contributed by atoms with Gasteiger partial charge in [-0.05, 0) is 18.6 Å². The van der Waals surface area contributed by atoms with Crippen molar-refractivity contribution in [2.24, 2.45) is 0 Å². The standard InChI is InChI=1S/C19H20N2O5S/c1-25-11-8-15-20-17-16(14(12-27-17)19(23)24)18(22)21(15)9-5-10-26-13-6-3-2-4-7-13/h2-4,6-7,12H,5,8-11H2,1H3,(H,23,24). The number of ether oxygens (including phenoxy) is 2. The van der Waals surface area contributed by atoms with Crippen LogP contribution in [0.3, 0.4) is 0 Å². The van der Waals surface area contributed by atoms with Crippen LogP contribution in [0.5, 0.6) is 5.75 Å². The van der Waals surface area contributed by atoms with E-state index in [0.29, 0.717) is 43.3 Å². The van der Waals surface area contributed by atoms with Gasteiger partial charge in [0.1, 0.15) is 16.4 Å². The Hall–Kier alpha value is -2.71. The van der Waals surface area contributed by atoms with Crippen molar-refractivity contribution in [2.75, 3.05) is 20.3 Å². The summed E-state index contributed by atoms with van der Waals surface area (Å²) in [6.07, 6.45) is 1.07. The van der Waals surface area contributed by atoms with Crippen LogP contribution < -0.4 is 10.3 Å². The third kappa shape index (κ3) is 4.35. The maximum atomic E-state index is 12.9. The predicted octanol–water partition coefficient (Wildman–Crippen LogP) is 2.81. The van der Waals surface area contributed by atoms with E-state index in [1.807, 2.05) is 30.3 Å². The Morgan fingerprint density at radius 1 is 1.26 bits per heavy atom. The summed E-state index contributed by atoms with van der Waals surface area (Å²) in [6, 6.07) is 9.44. The van der Waals surface area contributed by atoms with E-state index < -0.39 is 5.97 Å². The molecule has 0 amide bonds. The largest absolute Gasteiger partial charge is 0.494 e. The van der Waals surface area contributed by atoms with Gasteiger partial charge in [-0.1, -0.05) is 18.2 Å². The zero-order valence-corrected chi connectivity index (χ0v) is 15.7. The Morgan fingerprint density at radius 3 is 2.74 bits per heavy atom. The minimum Gasteiger partial charge on any atom is -0.494 e. The monoisotopic (exact) mass is 388 g/mol. The van der Waals surface area contributed by atoms with Crippen LogP contribution in [0, 0.1) is 0 Å². The molecule has 3 aromatic rings. The van der Waals surface area contributed by atoms with Crippen LogP contribution in [0.25, 0.3) is 10.2 Å².